The van der Waals surface area contributed by atoms with Gasteiger partial charge in [-0.25, -0.2) is 4.68 Å². The molecule has 0 bridgehead atoms. The maximum absolute atomic E-state index is 12.8. The molecule has 0 saturated carbocycles. The van der Waals surface area contributed by atoms with Gasteiger partial charge in [0.2, 0.25) is 5.88 Å². The molecule has 1 amide bonds. The molecule has 0 radical (unpaired) electrons. The Balaban J connectivity index is 1.29. The van der Waals surface area contributed by atoms with E-state index in [1.165, 1.54) is 0 Å². The summed E-state index contributed by atoms with van der Waals surface area (Å²) in [6, 6.07) is 17.3. The molecule has 2 aliphatic rings. The average molecular weight is 424 g/mol. The molecule has 1 N–H and O–H groups in total. The van der Waals surface area contributed by atoms with E-state index in [9.17, 15) is 4.79 Å². The third kappa shape index (κ3) is 3.87. The van der Waals surface area contributed by atoms with Gasteiger partial charge in [0.1, 0.15) is 18.5 Å². The van der Waals surface area contributed by atoms with Gasteiger partial charge in [0.25, 0.3) is 5.91 Å². The molecule has 0 aliphatic carbocycles. The first-order valence-electron chi connectivity index (χ1n) is 10.2. The normalized spacial score (nSPS) is 20.2. The Hall–Kier alpha value is -2.99. The van der Waals surface area contributed by atoms with Crippen molar-refractivity contribution in [2.75, 3.05) is 6.61 Å². The van der Waals surface area contributed by atoms with Crippen LogP contribution in [0.15, 0.2) is 54.6 Å². The summed E-state index contributed by atoms with van der Waals surface area (Å²) in [7, 11) is 0. The van der Waals surface area contributed by atoms with Crippen LogP contribution in [0.1, 0.15) is 40.6 Å². The van der Waals surface area contributed by atoms with Crippen molar-refractivity contribution in [1.82, 2.24) is 15.1 Å². The smallest absolute Gasteiger partial charge is 0.272 e. The van der Waals surface area contributed by atoms with Gasteiger partial charge in [-0.1, -0.05) is 41.9 Å². The average Bonchev–Trinajstić information content (AvgIpc) is 3.06. The standard InChI is InChI=1S/C23H22ClN3O3/c24-17-8-9-20-16(11-17)12-18(14-29-20)25-23(28)19-13-22-27(26-19)10-4-7-21(30-22)15-5-2-1-3-6-15/h1-3,5-6,8-9,11,13,18,21H,4,7,10,12,14H2,(H,25,28)/t18-,21?/m1/s1. The van der Waals surface area contributed by atoms with Gasteiger partial charge < -0.3 is 14.8 Å². The second-order valence-corrected chi connectivity index (χ2v) is 8.12. The van der Waals surface area contributed by atoms with E-state index in [2.05, 4.69) is 22.5 Å². The maximum atomic E-state index is 12.8. The second kappa shape index (κ2) is 8.03. The summed E-state index contributed by atoms with van der Waals surface area (Å²) in [5.41, 5.74) is 2.49. The quantitative estimate of drug-likeness (QED) is 0.686. The molecule has 154 valence electrons. The lowest BCUT2D eigenvalue weighted by atomic mass is 10.0. The van der Waals surface area contributed by atoms with Crippen LogP contribution in [0, 0.1) is 0 Å². The molecule has 0 fully saturated rings. The number of ether oxygens (including phenoxy) is 2. The van der Waals surface area contributed by atoms with Crippen molar-refractivity contribution in [1.29, 1.82) is 0 Å². The van der Waals surface area contributed by atoms with Crippen LogP contribution in [0.25, 0.3) is 0 Å². The molecule has 30 heavy (non-hydrogen) atoms. The lowest BCUT2D eigenvalue weighted by Gasteiger charge is -2.26. The van der Waals surface area contributed by atoms with Crippen molar-refractivity contribution in [3.63, 3.8) is 0 Å². The van der Waals surface area contributed by atoms with Gasteiger partial charge in [0.15, 0.2) is 5.69 Å². The first-order chi connectivity index (χ1) is 14.7. The Bertz CT molecular complexity index is 1070. The molecular weight excluding hydrogens is 402 g/mol. The molecule has 2 atom stereocenters. The van der Waals surface area contributed by atoms with Gasteiger partial charge in [0, 0.05) is 17.6 Å². The van der Waals surface area contributed by atoms with E-state index in [-0.39, 0.29) is 18.1 Å². The zero-order chi connectivity index (χ0) is 20.5. The Kier molecular flexibility index (Phi) is 5.09. The van der Waals surface area contributed by atoms with Crippen molar-refractivity contribution in [3.05, 3.63) is 76.4 Å². The minimum absolute atomic E-state index is 0.0342. The summed E-state index contributed by atoms with van der Waals surface area (Å²) in [6.45, 7) is 1.14. The summed E-state index contributed by atoms with van der Waals surface area (Å²) in [6.07, 6.45) is 2.48. The van der Waals surface area contributed by atoms with Gasteiger partial charge >= 0.3 is 0 Å². The number of amides is 1. The Morgan fingerprint density at radius 1 is 1.17 bits per heavy atom. The van der Waals surface area contributed by atoms with Crippen LogP contribution in [0.5, 0.6) is 11.6 Å². The fourth-order valence-corrected chi connectivity index (χ4v) is 4.21. The lowest BCUT2D eigenvalue weighted by molar-refractivity contribution is 0.0909. The molecular formula is C23H22ClN3O3. The van der Waals surface area contributed by atoms with Crippen molar-refractivity contribution < 1.29 is 14.3 Å². The molecule has 0 saturated heterocycles. The molecule has 6 nitrogen and oxygen atoms in total. The molecule has 2 aromatic carbocycles. The third-order valence-corrected chi connectivity index (χ3v) is 5.75. The maximum Gasteiger partial charge on any atom is 0.272 e. The zero-order valence-corrected chi connectivity index (χ0v) is 17.1. The molecule has 5 rings (SSSR count). The molecule has 1 unspecified atom stereocenters. The highest BCUT2D eigenvalue weighted by Crippen LogP contribution is 2.31. The second-order valence-electron chi connectivity index (χ2n) is 7.69. The highest BCUT2D eigenvalue weighted by atomic mass is 35.5. The van der Waals surface area contributed by atoms with Crippen LogP contribution in [0.2, 0.25) is 5.02 Å². The first-order valence-corrected chi connectivity index (χ1v) is 10.5. The van der Waals surface area contributed by atoms with Crippen LogP contribution >= 0.6 is 11.6 Å². The molecule has 3 heterocycles. The molecule has 0 spiro atoms. The van der Waals surface area contributed by atoms with E-state index in [1.807, 2.05) is 30.3 Å². The minimum atomic E-state index is -0.227. The summed E-state index contributed by atoms with van der Waals surface area (Å²) in [5, 5.41) is 8.16. The number of nitrogens with zero attached hydrogens (tertiary/aromatic N) is 2. The topological polar surface area (TPSA) is 65.4 Å². The predicted molar refractivity (Wildman–Crippen MR) is 113 cm³/mol. The number of aromatic nitrogens is 2. The number of aryl methyl sites for hydroxylation is 1. The molecule has 7 heteroatoms. The zero-order valence-electron chi connectivity index (χ0n) is 16.4. The van der Waals surface area contributed by atoms with Crippen LogP contribution in [0.3, 0.4) is 0 Å². The Morgan fingerprint density at radius 3 is 2.90 bits per heavy atom. The highest BCUT2D eigenvalue weighted by molar-refractivity contribution is 6.30. The Morgan fingerprint density at radius 2 is 2.03 bits per heavy atom. The number of hydrogen-bond donors (Lipinski definition) is 1. The predicted octanol–water partition coefficient (Wildman–Crippen LogP) is 4.18. The van der Waals surface area contributed by atoms with Gasteiger partial charge in [-0.05, 0) is 48.6 Å². The van der Waals surface area contributed by atoms with Crippen molar-refractivity contribution in [2.45, 2.75) is 38.0 Å². The van der Waals surface area contributed by atoms with E-state index in [4.69, 9.17) is 21.1 Å². The third-order valence-electron chi connectivity index (χ3n) is 5.51. The van der Waals surface area contributed by atoms with Gasteiger partial charge in [-0.3, -0.25) is 4.79 Å². The van der Waals surface area contributed by atoms with Crippen LogP contribution in [-0.2, 0) is 13.0 Å². The van der Waals surface area contributed by atoms with E-state index in [0.29, 0.717) is 29.6 Å². The van der Waals surface area contributed by atoms with Crippen LogP contribution in [0.4, 0.5) is 0 Å². The SMILES string of the molecule is O=C(N[C@H]1COc2ccc(Cl)cc2C1)c1cc2n(n1)CCCC(c1ccccc1)O2. The van der Waals surface area contributed by atoms with Crippen molar-refractivity contribution >= 4 is 17.5 Å². The monoisotopic (exact) mass is 423 g/mol. The highest BCUT2D eigenvalue weighted by Gasteiger charge is 2.26. The number of carbonyl (C=O) groups is 1. The summed E-state index contributed by atoms with van der Waals surface area (Å²) < 4.78 is 13.8. The van der Waals surface area contributed by atoms with Crippen LogP contribution < -0.4 is 14.8 Å². The number of hydrogen-bond acceptors (Lipinski definition) is 4. The molecule has 2 aliphatic heterocycles. The summed E-state index contributed by atoms with van der Waals surface area (Å²) >= 11 is 6.08. The van der Waals surface area contributed by atoms with E-state index < -0.39 is 0 Å². The number of fused-ring (bicyclic) bond motifs is 2. The number of rotatable bonds is 3. The van der Waals surface area contributed by atoms with Gasteiger partial charge in [0.05, 0.1) is 6.04 Å². The summed E-state index contributed by atoms with van der Waals surface area (Å²) in [4.78, 5) is 12.8. The van der Waals surface area contributed by atoms with E-state index in [1.54, 1.807) is 16.8 Å². The fourth-order valence-electron chi connectivity index (χ4n) is 4.01. The van der Waals surface area contributed by atoms with Crippen LogP contribution in [-0.4, -0.2) is 28.3 Å². The first kappa shape index (κ1) is 19.0. The number of nitrogens with one attached hydrogen (secondary N) is 1. The Labute approximate surface area is 179 Å². The van der Waals surface area contributed by atoms with Gasteiger partial charge in [-0.15, -0.1) is 0 Å². The fraction of sp³-hybridized carbons (Fsp3) is 0.304. The number of halogens is 1. The number of benzene rings is 2. The van der Waals surface area contributed by atoms with Gasteiger partial charge in [-0.2, -0.15) is 5.10 Å². The van der Waals surface area contributed by atoms with Crippen molar-refractivity contribution in [3.8, 4) is 11.6 Å². The van der Waals surface area contributed by atoms with E-state index in [0.717, 1.165) is 36.3 Å². The van der Waals surface area contributed by atoms with Crippen molar-refractivity contribution in [2.24, 2.45) is 0 Å². The molecule has 1 aromatic heterocycles. The lowest BCUT2D eigenvalue weighted by Crippen LogP contribution is -2.42. The van der Waals surface area contributed by atoms with E-state index >= 15 is 0 Å². The minimum Gasteiger partial charge on any atom is -0.491 e. The summed E-state index contributed by atoms with van der Waals surface area (Å²) in [5.74, 6) is 1.22. The molecule has 3 aromatic rings. The number of carbonyl (C=O) groups excluding carboxylic acids is 1. The largest absolute Gasteiger partial charge is 0.491 e.